The first-order chi connectivity index (χ1) is 17.1. The lowest BCUT2D eigenvalue weighted by molar-refractivity contribution is -0.114. The predicted molar refractivity (Wildman–Crippen MR) is 132 cm³/mol. The minimum Gasteiger partial charge on any atom is -0.374 e. The summed E-state index contributed by atoms with van der Waals surface area (Å²) in [7, 11) is -5.85. The highest BCUT2D eigenvalue weighted by molar-refractivity contribution is 7.87. The summed E-state index contributed by atoms with van der Waals surface area (Å²) < 4.78 is 75.8. The van der Waals surface area contributed by atoms with Crippen molar-refractivity contribution in [3.63, 3.8) is 0 Å². The van der Waals surface area contributed by atoms with Gasteiger partial charge in [0.1, 0.15) is 24.4 Å². The van der Waals surface area contributed by atoms with Gasteiger partial charge in [-0.25, -0.2) is 0 Å². The highest BCUT2D eigenvalue weighted by Crippen LogP contribution is 2.44. The molecule has 4 atom stereocenters. The first-order valence-electron chi connectivity index (χ1n) is 11.2. The number of rotatable bonds is 8. The second-order valence-corrected chi connectivity index (χ2v) is 11.7. The smallest absolute Gasteiger partial charge is 0.297 e. The summed E-state index contributed by atoms with van der Waals surface area (Å²) >= 11 is 0. The molecule has 36 heavy (non-hydrogen) atoms. The van der Waals surface area contributed by atoms with Gasteiger partial charge in [0, 0.05) is 14.2 Å². The average Bonchev–Trinajstić information content (AvgIpc) is 2.84. The standard InChI is InChI=1S/C26H28O8S2/c1-17-9-13-19(14-10-17)35(27,28)33-25-23(31-3)21-7-5-6-8-22(21)24(32-4)26(25)34-36(29,30)20-15-11-18(2)12-16-20/h5-16,23-26H,1-4H3/t23-,24-,25+,26+/m0/s1. The molecule has 3 aromatic carbocycles. The molecule has 0 aliphatic heterocycles. The Labute approximate surface area is 212 Å². The minimum absolute atomic E-state index is 0.0732. The van der Waals surface area contributed by atoms with Crippen LogP contribution in [0.3, 0.4) is 0 Å². The highest BCUT2D eigenvalue weighted by Gasteiger charge is 2.49. The van der Waals surface area contributed by atoms with Gasteiger partial charge in [0.2, 0.25) is 0 Å². The van der Waals surface area contributed by atoms with Crippen LogP contribution in [0.15, 0.2) is 82.6 Å². The maximum atomic E-state index is 13.3. The van der Waals surface area contributed by atoms with Gasteiger partial charge in [-0.2, -0.15) is 16.8 Å². The van der Waals surface area contributed by atoms with Crippen molar-refractivity contribution in [1.29, 1.82) is 0 Å². The molecular formula is C26H28O8S2. The summed E-state index contributed by atoms with van der Waals surface area (Å²) in [5.74, 6) is 0. The quantitative estimate of drug-likeness (QED) is 0.397. The number of methoxy groups -OCH3 is 2. The third kappa shape index (κ3) is 5.24. The second-order valence-electron chi connectivity index (χ2n) is 8.60. The van der Waals surface area contributed by atoms with E-state index in [0.29, 0.717) is 11.1 Å². The van der Waals surface area contributed by atoms with Gasteiger partial charge in [-0.05, 0) is 49.2 Å². The zero-order valence-corrected chi connectivity index (χ0v) is 22.0. The van der Waals surface area contributed by atoms with E-state index in [1.165, 1.54) is 38.5 Å². The fraction of sp³-hybridized carbons (Fsp3) is 0.308. The lowest BCUT2D eigenvalue weighted by Crippen LogP contribution is -2.48. The molecule has 0 heterocycles. The number of ether oxygens (including phenoxy) is 2. The van der Waals surface area contributed by atoms with Crippen LogP contribution in [-0.2, 0) is 38.1 Å². The van der Waals surface area contributed by atoms with Crippen LogP contribution in [0, 0.1) is 13.8 Å². The molecule has 0 amide bonds. The van der Waals surface area contributed by atoms with E-state index in [1.807, 2.05) is 13.8 Å². The molecule has 0 saturated carbocycles. The summed E-state index contributed by atoms with van der Waals surface area (Å²) in [5.41, 5.74) is 2.98. The van der Waals surface area contributed by atoms with E-state index in [2.05, 4.69) is 0 Å². The highest BCUT2D eigenvalue weighted by atomic mass is 32.2. The van der Waals surface area contributed by atoms with Crippen molar-refractivity contribution in [3.8, 4) is 0 Å². The maximum Gasteiger partial charge on any atom is 0.297 e. The van der Waals surface area contributed by atoms with Crippen molar-refractivity contribution >= 4 is 20.2 Å². The molecule has 1 aliphatic rings. The molecule has 3 aromatic rings. The monoisotopic (exact) mass is 532 g/mol. The molecular weight excluding hydrogens is 504 g/mol. The van der Waals surface area contributed by atoms with E-state index >= 15 is 0 Å². The summed E-state index contributed by atoms with van der Waals surface area (Å²) in [6, 6.07) is 19.4. The van der Waals surface area contributed by atoms with Crippen LogP contribution in [0.25, 0.3) is 0 Å². The largest absolute Gasteiger partial charge is 0.374 e. The van der Waals surface area contributed by atoms with Crippen LogP contribution in [0.5, 0.6) is 0 Å². The first-order valence-corrected chi connectivity index (χ1v) is 14.0. The van der Waals surface area contributed by atoms with Gasteiger partial charge in [0.25, 0.3) is 20.2 Å². The van der Waals surface area contributed by atoms with Crippen molar-refractivity contribution in [2.75, 3.05) is 14.2 Å². The van der Waals surface area contributed by atoms with E-state index in [0.717, 1.165) is 11.1 Å². The molecule has 1 aliphatic carbocycles. The van der Waals surface area contributed by atoms with Gasteiger partial charge >= 0.3 is 0 Å². The Morgan fingerprint density at radius 3 is 1.19 bits per heavy atom. The lowest BCUT2D eigenvalue weighted by Gasteiger charge is -2.41. The number of fused-ring (bicyclic) bond motifs is 1. The maximum absolute atomic E-state index is 13.3. The number of hydrogen-bond acceptors (Lipinski definition) is 8. The summed E-state index contributed by atoms with van der Waals surface area (Å²) in [4.78, 5) is -0.146. The summed E-state index contributed by atoms with van der Waals surface area (Å²) in [6.45, 7) is 3.67. The third-order valence-electron chi connectivity index (χ3n) is 6.13. The van der Waals surface area contributed by atoms with Gasteiger partial charge in [-0.1, -0.05) is 59.7 Å². The average molecular weight is 533 g/mol. The second kappa shape index (κ2) is 10.4. The van der Waals surface area contributed by atoms with E-state index in [1.54, 1.807) is 48.5 Å². The van der Waals surface area contributed by atoms with Gasteiger partial charge in [-0.15, -0.1) is 0 Å². The van der Waals surface area contributed by atoms with Crippen molar-refractivity contribution in [2.24, 2.45) is 0 Å². The van der Waals surface area contributed by atoms with Crippen LogP contribution in [-0.4, -0.2) is 43.3 Å². The van der Waals surface area contributed by atoms with Crippen molar-refractivity contribution in [1.82, 2.24) is 0 Å². The normalized spacial score (nSPS) is 22.2. The zero-order chi connectivity index (χ0) is 26.1. The Balaban J connectivity index is 1.81. The van der Waals surface area contributed by atoms with Crippen LogP contribution < -0.4 is 0 Å². The molecule has 8 nitrogen and oxygen atoms in total. The molecule has 0 fully saturated rings. The number of hydrogen-bond donors (Lipinski definition) is 0. The van der Waals surface area contributed by atoms with Crippen LogP contribution >= 0.6 is 0 Å². The Morgan fingerprint density at radius 1 is 0.556 bits per heavy atom. The number of benzene rings is 3. The Hall–Kier alpha value is -2.60. The van der Waals surface area contributed by atoms with Gasteiger partial charge in [-0.3, -0.25) is 8.37 Å². The fourth-order valence-electron chi connectivity index (χ4n) is 4.27. The molecule has 0 saturated heterocycles. The van der Waals surface area contributed by atoms with E-state index in [9.17, 15) is 16.8 Å². The Morgan fingerprint density at radius 2 is 0.889 bits per heavy atom. The molecule has 0 unspecified atom stereocenters. The number of aryl methyl sites for hydroxylation is 2. The molecule has 0 spiro atoms. The Kier molecular flexibility index (Phi) is 7.65. The van der Waals surface area contributed by atoms with Crippen molar-refractivity contribution < 1.29 is 34.7 Å². The first kappa shape index (κ1) is 26.5. The Bertz CT molecular complexity index is 1310. The van der Waals surface area contributed by atoms with Crippen molar-refractivity contribution in [2.45, 2.75) is 48.1 Å². The van der Waals surface area contributed by atoms with Gasteiger partial charge < -0.3 is 9.47 Å². The van der Waals surface area contributed by atoms with E-state index in [-0.39, 0.29) is 9.79 Å². The zero-order valence-electron chi connectivity index (χ0n) is 20.3. The van der Waals surface area contributed by atoms with E-state index in [4.69, 9.17) is 17.8 Å². The predicted octanol–water partition coefficient (Wildman–Crippen LogP) is 4.24. The molecule has 192 valence electrons. The SMILES string of the molecule is CO[C@H]1c2ccccc2[C@H](OC)[C@@H](OS(=O)(=O)c2ccc(C)cc2)[C@@H]1OS(=O)(=O)c1ccc(C)cc1. The van der Waals surface area contributed by atoms with Crippen LogP contribution in [0.2, 0.25) is 0 Å². The van der Waals surface area contributed by atoms with Crippen LogP contribution in [0.1, 0.15) is 34.5 Å². The molecule has 0 bridgehead atoms. The van der Waals surface area contributed by atoms with E-state index < -0.39 is 44.7 Å². The molecule has 4 rings (SSSR count). The topological polar surface area (TPSA) is 105 Å². The lowest BCUT2D eigenvalue weighted by atomic mass is 9.83. The molecule has 0 radical (unpaired) electrons. The molecule has 0 aromatic heterocycles. The summed E-state index contributed by atoms with van der Waals surface area (Å²) in [5, 5.41) is 0. The summed E-state index contributed by atoms with van der Waals surface area (Å²) in [6.07, 6.45) is -4.65. The van der Waals surface area contributed by atoms with Gasteiger partial charge in [0.05, 0.1) is 9.79 Å². The third-order valence-corrected chi connectivity index (χ3v) is 8.78. The minimum atomic E-state index is -4.32. The van der Waals surface area contributed by atoms with Crippen molar-refractivity contribution in [3.05, 3.63) is 95.1 Å². The van der Waals surface area contributed by atoms with Crippen LogP contribution in [0.4, 0.5) is 0 Å². The fourth-order valence-corrected chi connectivity index (χ4v) is 6.44. The molecule has 0 N–H and O–H groups in total. The molecule has 10 heteroatoms. The van der Waals surface area contributed by atoms with Gasteiger partial charge in [0.15, 0.2) is 0 Å².